The Hall–Kier alpha value is -3.34. The van der Waals surface area contributed by atoms with E-state index in [9.17, 15) is 0 Å². The fourth-order valence-electron chi connectivity index (χ4n) is 3.77. The van der Waals surface area contributed by atoms with Crippen molar-refractivity contribution in [1.29, 1.82) is 0 Å². The van der Waals surface area contributed by atoms with Gasteiger partial charge in [-0.05, 0) is 106 Å². The Kier molecular flexibility index (Phi) is 4.98. The smallest absolute Gasteiger partial charge is 0.231 e. The third kappa shape index (κ3) is 3.41. The fourth-order valence-corrected chi connectivity index (χ4v) is 3.77. The minimum Gasteiger partial charge on any atom is -0.346 e. The summed E-state index contributed by atoms with van der Waals surface area (Å²) in [5.41, 5.74) is 11.8. The normalized spacial score (nSPS) is 11.2. The quantitative estimate of drug-likeness (QED) is 0.361. The number of hydrogen-bond donors (Lipinski definition) is 3. The molecule has 3 N–H and O–H groups in total. The first-order valence-corrected chi connectivity index (χ1v) is 10.3. The number of benzene rings is 2. The van der Waals surface area contributed by atoms with Crippen molar-refractivity contribution in [2.24, 2.45) is 0 Å². The van der Waals surface area contributed by atoms with Crippen LogP contribution in [-0.4, -0.2) is 15.0 Å². The number of H-pyrrole nitrogens is 1. The van der Waals surface area contributed by atoms with E-state index in [0.717, 1.165) is 28.2 Å². The van der Waals surface area contributed by atoms with Gasteiger partial charge in [0.05, 0.1) is 5.39 Å². The molecule has 0 saturated heterocycles. The predicted molar refractivity (Wildman–Crippen MR) is 126 cm³/mol. The van der Waals surface area contributed by atoms with Crippen LogP contribution >= 0.6 is 0 Å². The molecule has 4 aromatic rings. The average Bonchev–Trinajstić information content (AvgIpc) is 3.20. The molecule has 2 aromatic heterocycles. The number of aryl methyl sites for hydroxylation is 2. The van der Waals surface area contributed by atoms with E-state index in [1.54, 1.807) is 0 Å². The predicted octanol–water partition coefficient (Wildman–Crippen LogP) is 6.60. The van der Waals surface area contributed by atoms with Gasteiger partial charge in [-0.15, -0.1) is 0 Å². The number of aromatic amines is 1. The zero-order valence-corrected chi connectivity index (χ0v) is 18.8. The number of nitrogens with one attached hydrogen (secondary N) is 3. The van der Waals surface area contributed by atoms with E-state index < -0.39 is 0 Å². The number of aromatic nitrogens is 3. The van der Waals surface area contributed by atoms with Crippen LogP contribution in [0.3, 0.4) is 0 Å². The Morgan fingerprint density at radius 2 is 1.37 bits per heavy atom. The maximum absolute atomic E-state index is 4.83. The lowest BCUT2D eigenvalue weighted by atomic mass is 9.98. The molecular formula is C25H29N5. The summed E-state index contributed by atoms with van der Waals surface area (Å²) in [4.78, 5) is 12.7. The van der Waals surface area contributed by atoms with Crippen LogP contribution in [-0.2, 0) is 0 Å². The van der Waals surface area contributed by atoms with Crippen molar-refractivity contribution in [3.8, 4) is 0 Å². The van der Waals surface area contributed by atoms with Gasteiger partial charge in [0.2, 0.25) is 5.95 Å². The lowest BCUT2D eigenvalue weighted by Crippen LogP contribution is -2.05. The summed E-state index contributed by atoms with van der Waals surface area (Å²) in [6.07, 6.45) is 1.90. The molecule has 0 atom stereocenters. The summed E-state index contributed by atoms with van der Waals surface area (Å²) in [6, 6.07) is 8.41. The van der Waals surface area contributed by atoms with Crippen LogP contribution < -0.4 is 10.6 Å². The van der Waals surface area contributed by atoms with E-state index in [2.05, 4.69) is 87.3 Å². The molecule has 0 aliphatic heterocycles. The lowest BCUT2D eigenvalue weighted by Gasteiger charge is -2.17. The number of nitrogens with zero attached hydrogens (tertiary/aromatic N) is 2. The largest absolute Gasteiger partial charge is 0.346 e. The van der Waals surface area contributed by atoms with Crippen molar-refractivity contribution in [1.82, 2.24) is 15.0 Å². The molecule has 0 aliphatic rings. The third-order valence-corrected chi connectivity index (χ3v) is 6.45. The summed E-state index contributed by atoms with van der Waals surface area (Å²) in [7, 11) is 0. The monoisotopic (exact) mass is 399 g/mol. The summed E-state index contributed by atoms with van der Waals surface area (Å²) in [6.45, 7) is 15.0. The molecule has 0 spiro atoms. The van der Waals surface area contributed by atoms with Gasteiger partial charge in [0.25, 0.3) is 0 Å². The van der Waals surface area contributed by atoms with Gasteiger partial charge >= 0.3 is 0 Å². The van der Waals surface area contributed by atoms with Gasteiger partial charge in [-0.3, -0.25) is 0 Å². The minimum atomic E-state index is 0.567. The first-order chi connectivity index (χ1) is 14.3. The van der Waals surface area contributed by atoms with Gasteiger partial charge in [-0.25, -0.2) is 0 Å². The van der Waals surface area contributed by atoms with Crippen molar-refractivity contribution < 1.29 is 0 Å². The molecule has 5 heteroatoms. The van der Waals surface area contributed by atoms with Gasteiger partial charge in [0.1, 0.15) is 11.5 Å². The molecule has 0 fully saturated rings. The first kappa shape index (κ1) is 20.0. The summed E-state index contributed by atoms with van der Waals surface area (Å²) >= 11 is 0. The van der Waals surface area contributed by atoms with Crippen LogP contribution in [0.2, 0.25) is 0 Å². The van der Waals surface area contributed by atoms with Crippen molar-refractivity contribution in [3.05, 3.63) is 69.4 Å². The highest BCUT2D eigenvalue weighted by Gasteiger charge is 2.14. The molecule has 0 saturated carbocycles. The highest BCUT2D eigenvalue weighted by atomic mass is 15.2. The van der Waals surface area contributed by atoms with Gasteiger partial charge in [-0.2, -0.15) is 9.97 Å². The van der Waals surface area contributed by atoms with Crippen LogP contribution in [0.25, 0.3) is 11.0 Å². The number of anilines is 4. The maximum Gasteiger partial charge on any atom is 0.231 e. The second-order valence-electron chi connectivity index (χ2n) is 8.18. The first-order valence-electron chi connectivity index (χ1n) is 10.3. The zero-order valence-electron chi connectivity index (χ0n) is 18.8. The molecule has 2 aromatic carbocycles. The summed E-state index contributed by atoms with van der Waals surface area (Å²) in [5, 5.41) is 7.94. The summed E-state index contributed by atoms with van der Waals surface area (Å²) < 4.78 is 0. The molecular weight excluding hydrogens is 370 g/mol. The van der Waals surface area contributed by atoms with E-state index in [1.807, 2.05) is 12.3 Å². The Labute approximate surface area is 178 Å². The van der Waals surface area contributed by atoms with Crippen LogP contribution in [0.5, 0.6) is 0 Å². The van der Waals surface area contributed by atoms with Crippen molar-refractivity contribution >= 4 is 34.2 Å². The second-order valence-corrected chi connectivity index (χ2v) is 8.18. The molecule has 154 valence electrons. The molecule has 0 radical (unpaired) electrons. The Bertz CT molecular complexity index is 1270. The second kappa shape index (κ2) is 7.48. The van der Waals surface area contributed by atoms with Gasteiger partial charge in [-0.1, -0.05) is 6.07 Å². The van der Waals surface area contributed by atoms with Crippen LogP contribution in [0, 0.1) is 48.5 Å². The third-order valence-electron chi connectivity index (χ3n) is 6.45. The van der Waals surface area contributed by atoms with Gasteiger partial charge in [0, 0.05) is 17.6 Å². The molecule has 5 nitrogen and oxygen atoms in total. The highest BCUT2D eigenvalue weighted by molar-refractivity contribution is 5.90. The van der Waals surface area contributed by atoms with Gasteiger partial charge < -0.3 is 15.6 Å². The fraction of sp³-hybridized carbons (Fsp3) is 0.280. The minimum absolute atomic E-state index is 0.567. The molecule has 0 amide bonds. The van der Waals surface area contributed by atoms with Crippen LogP contribution in [0.4, 0.5) is 23.1 Å². The van der Waals surface area contributed by atoms with E-state index >= 15 is 0 Å². The van der Waals surface area contributed by atoms with Crippen molar-refractivity contribution in [2.45, 2.75) is 48.5 Å². The summed E-state index contributed by atoms with van der Waals surface area (Å²) in [5.74, 6) is 1.35. The van der Waals surface area contributed by atoms with Gasteiger partial charge in [0.15, 0.2) is 0 Å². The van der Waals surface area contributed by atoms with E-state index in [-0.39, 0.29) is 0 Å². The van der Waals surface area contributed by atoms with Crippen molar-refractivity contribution in [3.63, 3.8) is 0 Å². The standard InChI is InChI=1S/C25H29N5/c1-13-8-9-21(18(6)15(13)3)28-25-29-23-20(10-11-26-23)24(30-25)27-22-12-14(2)16(4)17(5)19(22)7/h8-12H,1-7H3,(H3,26,27,28,29,30). The Balaban J connectivity index is 1.77. The Morgan fingerprint density at radius 1 is 0.667 bits per heavy atom. The van der Waals surface area contributed by atoms with E-state index in [1.165, 1.54) is 38.9 Å². The average molecular weight is 400 g/mol. The SMILES string of the molecule is Cc1ccc(Nc2nc(Nc3cc(C)c(C)c(C)c3C)c3cc[nH]c3n2)c(C)c1C. The Morgan fingerprint density at radius 3 is 2.13 bits per heavy atom. The number of hydrogen-bond acceptors (Lipinski definition) is 4. The topological polar surface area (TPSA) is 65.6 Å². The molecule has 4 rings (SSSR count). The molecule has 0 unspecified atom stereocenters. The number of fused-ring (bicyclic) bond motifs is 1. The van der Waals surface area contributed by atoms with E-state index in [4.69, 9.17) is 4.98 Å². The zero-order chi connectivity index (χ0) is 21.6. The van der Waals surface area contributed by atoms with E-state index in [0.29, 0.717) is 5.95 Å². The maximum atomic E-state index is 4.83. The molecule has 0 aliphatic carbocycles. The molecule has 0 bridgehead atoms. The van der Waals surface area contributed by atoms with Crippen LogP contribution in [0.1, 0.15) is 38.9 Å². The lowest BCUT2D eigenvalue weighted by molar-refractivity contribution is 1.17. The van der Waals surface area contributed by atoms with Crippen molar-refractivity contribution in [2.75, 3.05) is 10.6 Å². The molecule has 30 heavy (non-hydrogen) atoms. The number of rotatable bonds is 4. The van der Waals surface area contributed by atoms with Crippen LogP contribution in [0.15, 0.2) is 30.5 Å². The molecule has 2 heterocycles. The highest BCUT2D eigenvalue weighted by Crippen LogP contribution is 2.31.